The molecule has 0 spiro atoms. The van der Waals surface area contributed by atoms with Crippen molar-refractivity contribution in [3.05, 3.63) is 54.0 Å². The maximum atomic E-state index is 6.06. The molecule has 0 aliphatic carbocycles. The van der Waals surface area contributed by atoms with Gasteiger partial charge < -0.3 is 15.6 Å². The predicted octanol–water partition coefficient (Wildman–Crippen LogP) is 2.32. The quantitative estimate of drug-likeness (QED) is 0.776. The van der Waals surface area contributed by atoms with E-state index in [9.17, 15) is 0 Å². The van der Waals surface area contributed by atoms with Crippen LogP contribution in [0.15, 0.2) is 37.1 Å². The van der Waals surface area contributed by atoms with Crippen LogP contribution in [-0.2, 0) is 13.0 Å². The number of H-pyrrole nitrogens is 1. The maximum absolute atomic E-state index is 6.06. The van der Waals surface area contributed by atoms with Crippen LogP contribution in [-0.4, -0.2) is 26.5 Å². The van der Waals surface area contributed by atoms with Crippen molar-refractivity contribution in [3.8, 4) is 11.1 Å². The van der Waals surface area contributed by atoms with Crippen molar-refractivity contribution < 1.29 is 0 Å². The lowest BCUT2D eigenvalue weighted by Gasteiger charge is -2.19. The molecule has 0 amide bonds. The molecule has 23 heavy (non-hydrogen) atoms. The zero-order chi connectivity index (χ0) is 15.8. The first kappa shape index (κ1) is 13.8. The highest BCUT2D eigenvalue weighted by molar-refractivity contribution is 5.79. The molecule has 0 saturated carbocycles. The van der Waals surface area contributed by atoms with Gasteiger partial charge in [-0.15, -0.1) is 0 Å². The van der Waals surface area contributed by atoms with Crippen LogP contribution in [0, 0.1) is 6.92 Å². The minimum atomic E-state index is 0.522. The van der Waals surface area contributed by atoms with Gasteiger partial charge in [-0.05, 0) is 30.5 Å². The molecule has 0 atom stereocenters. The van der Waals surface area contributed by atoms with Gasteiger partial charge in [-0.3, -0.25) is 0 Å². The predicted molar refractivity (Wildman–Crippen MR) is 90.0 cm³/mol. The first-order valence-corrected chi connectivity index (χ1v) is 7.65. The third-order valence-electron chi connectivity index (χ3n) is 4.34. The Morgan fingerprint density at radius 3 is 2.96 bits per heavy atom. The largest absolute Gasteiger partial charge is 0.383 e. The maximum Gasteiger partial charge on any atom is 0.134 e. The molecule has 3 aromatic rings. The molecule has 3 heterocycles. The smallest absolute Gasteiger partial charge is 0.134 e. The molecule has 1 aliphatic rings. The minimum absolute atomic E-state index is 0.522. The summed E-state index contributed by atoms with van der Waals surface area (Å²) < 4.78 is 0. The second-order valence-electron chi connectivity index (χ2n) is 5.79. The molecule has 1 aromatic carbocycles. The Balaban J connectivity index is 1.73. The third-order valence-corrected chi connectivity index (χ3v) is 4.34. The molecule has 3 N–H and O–H groups in total. The van der Waals surface area contributed by atoms with E-state index in [0.29, 0.717) is 5.82 Å². The lowest BCUT2D eigenvalue weighted by molar-refractivity contribution is 0.819. The van der Waals surface area contributed by atoms with E-state index in [-0.39, 0.29) is 0 Å². The van der Waals surface area contributed by atoms with Crippen LogP contribution in [0.5, 0.6) is 0 Å². The van der Waals surface area contributed by atoms with Crippen molar-refractivity contribution in [2.75, 3.05) is 17.2 Å². The second-order valence-corrected chi connectivity index (χ2v) is 5.79. The molecule has 0 fully saturated rings. The summed E-state index contributed by atoms with van der Waals surface area (Å²) in [6.07, 6.45) is 6.22. The Morgan fingerprint density at radius 2 is 2.17 bits per heavy atom. The van der Waals surface area contributed by atoms with Crippen LogP contribution >= 0.6 is 0 Å². The third kappa shape index (κ3) is 2.42. The summed E-state index contributed by atoms with van der Waals surface area (Å²) in [7, 11) is 0. The average Bonchev–Trinajstić information content (AvgIpc) is 3.18. The van der Waals surface area contributed by atoms with Crippen LogP contribution in [0.4, 0.5) is 11.5 Å². The molecule has 0 radical (unpaired) electrons. The number of imidazole rings is 1. The molecule has 2 aromatic heterocycles. The van der Waals surface area contributed by atoms with Gasteiger partial charge in [-0.2, -0.15) is 0 Å². The Kier molecular flexibility index (Phi) is 3.22. The van der Waals surface area contributed by atoms with E-state index in [0.717, 1.165) is 42.0 Å². The molecular weight excluding hydrogens is 288 g/mol. The molecule has 0 unspecified atom stereocenters. The molecular formula is C17H18N6. The number of nitrogens with zero attached hydrogens (tertiary/aromatic N) is 4. The van der Waals surface area contributed by atoms with Crippen LogP contribution in [0.2, 0.25) is 0 Å². The lowest BCUT2D eigenvalue weighted by Crippen LogP contribution is -2.19. The first-order chi connectivity index (χ1) is 11.2. The minimum Gasteiger partial charge on any atom is -0.383 e. The number of aryl methyl sites for hydroxylation is 1. The Labute approximate surface area is 134 Å². The zero-order valence-corrected chi connectivity index (χ0v) is 13.0. The summed E-state index contributed by atoms with van der Waals surface area (Å²) in [4.78, 5) is 18.1. The lowest BCUT2D eigenvalue weighted by atomic mass is 10.0. The molecule has 0 bridgehead atoms. The van der Waals surface area contributed by atoms with Gasteiger partial charge in [0.1, 0.15) is 12.1 Å². The van der Waals surface area contributed by atoms with Gasteiger partial charge in [0, 0.05) is 24.0 Å². The van der Waals surface area contributed by atoms with Crippen molar-refractivity contribution in [1.29, 1.82) is 0 Å². The zero-order valence-electron chi connectivity index (χ0n) is 13.0. The van der Waals surface area contributed by atoms with Gasteiger partial charge in [0.2, 0.25) is 0 Å². The standard InChI is InChI=1S/C17H18N6/c1-11-16(17(18)22-10-20-11)13-3-2-12-4-5-23(15(12)6-13)8-14-7-19-9-21-14/h2-3,6-7,9-10H,4-5,8H2,1H3,(H,19,21)(H2,18,20,22). The van der Waals surface area contributed by atoms with Gasteiger partial charge in [0.15, 0.2) is 0 Å². The number of benzene rings is 1. The molecule has 4 rings (SSSR count). The highest BCUT2D eigenvalue weighted by atomic mass is 15.2. The van der Waals surface area contributed by atoms with E-state index < -0.39 is 0 Å². The number of hydrogen-bond donors (Lipinski definition) is 2. The summed E-state index contributed by atoms with van der Waals surface area (Å²) in [6.45, 7) is 3.77. The Hall–Kier alpha value is -2.89. The average molecular weight is 306 g/mol. The molecule has 0 saturated heterocycles. The SMILES string of the molecule is Cc1ncnc(N)c1-c1ccc2c(c1)N(Cc1c[nH]cn1)CC2. The van der Waals surface area contributed by atoms with E-state index in [2.05, 4.69) is 43.0 Å². The van der Waals surface area contributed by atoms with Gasteiger partial charge in [-0.1, -0.05) is 12.1 Å². The topological polar surface area (TPSA) is 83.7 Å². The Morgan fingerprint density at radius 1 is 1.26 bits per heavy atom. The summed E-state index contributed by atoms with van der Waals surface area (Å²) in [5.74, 6) is 0.522. The van der Waals surface area contributed by atoms with Crippen LogP contribution in [0.25, 0.3) is 11.1 Å². The van der Waals surface area contributed by atoms with Gasteiger partial charge in [0.05, 0.1) is 24.3 Å². The monoisotopic (exact) mass is 306 g/mol. The van der Waals surface area contributed by atoms with Crippen molar-refractivity contribution in [2.45, 2.75) is 19.9 Å². The normalized spacial score (nSPS) is 13.3. The van der Waals surface area contributed by atoms with Crippen molar-refractivity contribution in [2.24, 2.45) is 0 Å². The summed E-state index contributed by atoms with van der Waals surface area (Å²) in [5, 5.41) is 0. The molecule has 6 nitrogen and oxygen atoms in total. The fourth-order valence-electron chi connectivity index (χ4n) is 3.19. The second kappa shape index (κ2) is 5.39. The van der Waals surface area contributed by atoms with E-state index in [1.807, 2.05) is 13.1 Å². The van der Waals surface area contributed by atoms with Crippen molar-refractivity contribution >= 4 is 11.5 Å². The van der Waals surface area contributed by atoms with Crippen LogP contribution in [0.3, 0.4) is 0 Å². The molecule has 116 valence electrons. The number of rotatable bonds is 3. The van der Waals surface area contributed by atoms with Gasteiger partial charge >= 0.3 is 0 Å². The Bertz CT molecular complexity index is 820. The summed E-state index contributed by atoms with van der Waals surface area (Å²) in [6, 6.07) is 6.48. The van der Waals surface area contributed by atoms with Gasteiger partial charge in [0.25, 0.3) is 0 Å². The van der Waals surface area contributed by atoms with Crippen molar-refractivity contribution in [1.82, 2.24) is 19.9 Å². The summed E-state index contributed by atoms with van der Waals surface area (Å²) >= 11 is 0. The number of nitrogens with two attached hydrogens (primary N) is 1. The molecule has 6 heteroatoms. The number of anilines is 2. The first-order valence-electron chi connectivity index (χ1n) is 7.65. The van der Waals surface area contributed by atoms with Crippen LogP contribution in [0.1, 0.15) is 17.0 Å². The van der Waals surface area contributed by atoms with E-state index >= 15 is 0 Å². The van der Waals surface area contributed by atoms with E-state index in [1.54, 1.807) is 6.33 Å². The highest BCUT2D eigenvalue weighted by Crippen LogP contribution is 2.35. The number of fused-ring (bicyclic) bond motifs is 1. The number of aromatic amines is 1. The fraction of sp³-hybridized carbons (Fsp3) is 0.235. The van der Waals surface area contributed by atoms with E-state index in [4.69, 9.17) is 5.73 Å². The highest BCUT2D eigenvalue weighted by Gasteiger charge is 2.21. The molecule has 1 aliphatic heterocycles. The number of hydrogen-bond acceptors (Lipinski definition) is 5. The fourth-order valence-corrected chi connectivity index (χ4v) is 3.19. The number of nitrogen functional groups attached to an aromatic ring is 1. The van der Waals surface area contributed by atoms with Crippen molar-refractivity contribution in [3.63, 3.8) is 0 Å². The summed E-state index contributed by atoms with van der Waals surface area (Å²) in [5.41, 5.74) is 12.6. The number of nitrogens with one attached hydrogen (secondary N) is 1. The van der Waals surface area contributed by atoms with Crippen LogP contribution < -0.4 is 10.6 Å². The van der Waals surface area contributed by atoms with Gasteiger partial charge in [-0.25, -0.2) is 15.0 Å². The van der Waals surface area contributed by atoms with E-state index in [1.165, 1.54) is 17.6 Å². The number of aromatic nitrogens is 4.